The van der Waals surface area contributed by atoms with Crippen molar-refractivity contribution in [3.63, 3.8) is 0 Å². The molecule has 0 aliphatic heterocycles. The Balaban J connectivity index is 0.00000225. The third-order valence-corrected chi connectivity index (χ3v) is 3.98. The predicted octanol–water partition coefficient (Wildman–Crippen LogP) is 2.97. The third-order valence-electron chi connectivity index (χ3n) is 3.98. The Morgan fingerprint density at radius 2 is 1.64 bits per heavy atom. The maximum atomic E-state index is 12.2. The van der Waals surface area contributed by atoms with Crippen LogP contribution in [0.2, 0.25) is 0 Å². The molecule has 2 aromatic carbocycles. The molecule has 1 aliphatic rings. The van der Waals surface area contributed by atoms with Gasteiger partial charge in [-0.2, -0.15) is 0 Å². The van der Waals surface area contributed by atoms with E-state index in [9.17, 15) is 9.59 Å². The summed E-state index contributed by atoms with van der Waals surface area (Å²) in [4.78, 5) is 24.0. The second-order valence-corrected chi connectivity index (χ2v) is 6.13. The summed E-state index contributed by atoms with van der Waals surface area (Å²) < 4.78 is 0. The van der Waals surface area contributed by atoms with Crippen molar-refractivity contribution >= 4 is 35.6 Å². The molecule has 5 nitrogen and oxygen atoms in total. The molecular formula is C19H22ClN3O2. The van der Waals surface area contributed by atoms with Crippen LogP contribution in [-0.4, -0.2) is 17.9 Å². The molecule has 132 valence electrons. The molecule has 0 heterocycles. The average Bonchev–Trinajstić information content (AvgIpc) is 3.41. The summed E-state index contributed by atoms with van der Waals surface area (Å²) in [5, 5.41) is 5.67. The van der Waals surface area contributed by atoms with E-state index in [1.54, 1.807) is 24.3 Å². The number of hydrogen-bond donors (Lipinski definition) is 3. The van der Waals surface area contributed by atoms with Gasteiger partial charge in [0.1, 0.15) is 0 Å². The molecule has 1 atom stereocenters. The molecule has 2 aromatic rings. The number of carbonyl (C=O) groups is 2. The van der Waals surface area contributed by atoms with Gasteiger partial charge in [0.15, 0.2) is 0 Å². The van der Waals surface area contributed by atoms with E-state index in [1.807, 2.05) is 30.3 Å². The van der Waals surface area contributed by atoms with E-state index in [-0.39, 0.29) is 30.1 Å². The van der Waals surface area contributed by atoms with Crippen LogP contribution in [0.25, 0.3) is 0 Å². The number of nitrogens with one attached hydrogen (secondary N) is 2. The van der Waals surface area contributed by atoms with Crippen molar-refractivity contribution < 1.29 is 9.59 Å². The molecule has 0 spiro atoms. The molecule has 3 rings (SSSR count). The van der Waals surface area contributed by atoms with Gasteiger partial charge < -0.3 is 16.4 Å². The first-order valence-electron chi connectivity index (χ1n) is 8.13. The quantitative estimate of drug-likeness (QED) is 0.741. The molecule has 4 N–H and O–H groups in total. The molecular weight excluding hydrogens is 338 g/mol. The number of benzene rings is 2. The number of amides is 2. The summed E-state index contributed by atoms with van der Waals surface area (Å²) in [5.41, 5.74) is 8.31. The van der Waals surface area contributed by atoms with Crippen molar-refractivity contribution in [3.8, 4) is 0 Å². The highest BCUT2D eigenvalue weighted by Gasteiger charge is 2.29. The standard InChI is InChI=1S/C19H21N3O2.ClH/c20-17(11-13-5-2-1-3-6-13)19(24)22-16-8-4-7-15(12-16)21-18(23)14-9-10-14;/h1-8,12,14,17H,9-11,20H2,(H,21,23)(H,22,24);1H/t17-;/m0./s1. The zero-order valence-electron chi connectivity index (χ0n) is 13.8. The van der Waals surface area contributed by atoms with Gasteiger partial charge in [0.25, 0.3) is 0 Å². The second kappa shape index (κ2) is 8.65. The summed E-state index contributed by atoms with van der Waals surface area (Å²) in [7, 11) is 0. The van der Waals surface area contributed by atoms with Crippen molar-refractivity contribution in [2.24, 2.45) is 11.7 Å². The minimum absolute atomic E-state index is 0. The SMILES string of the molecule is Cl.N[C@@H](Cc1ccccc1)C(=O)Nc1cccc(NC(=O)C2CC2)c1. The van der Waals surface area contributed by atoms with Crippen LogP contribution in [0.5, 0.6) is 0 Å². The molecule has 1 fully saturated rings. The highest BCUT2D eigenvalue weighted by atomic mass is 35.5. The normalized spacial score (nSPS) is 14.1. The lowest BCUT2D eigenvalue weighted by molar-refractivity contribution is -0.118. The van der Waals surface area contributed by atoms with Crippen LogP contribution in [0, 0.1) is 5.92 Å². The fourth-order valence-corrected chi connectivity index (χ4v) is 2.46. The van der Waals surface area contributed by atoms with Crippen LogP contribution >= 0.6 is 12.4 Å². The molecule has 6 heteroatoms. The minimum Gasteiger partial charge on any atom is -0.326 e. The van der Waals surface area contributed by atoms with E-state index in [1.165, 1.54) is 0 Å². The van der Waals surface area contributed by atoms with Crippen molar-refractivity contribution in [2.45, 2.75) is 25.3 Å². The van der Waals surface area contributed by atoms with Crippen molar-refractivity contribution in [3.05, 3.63) is 60.2 Å². The molecule has 2 amide bonds. The lowest BCUT2D eigenvalue weighted by Gasteiger charge is -2.13. The van der Waals surface area contributed by atoms with Crippen molar-refractivity contribution in [2.75, 3.05) is 10.6 Å². The molecule has 0 unspecified atom stereocenters. The van der Waals surface area contributed by atoms with E-state index in [0.717, 1.165) is 18.4 Å². The van der Waals surface area contributed by atoms with Gasteiger partial charge in [-0.3, -0.25) is 9.59 Å². The smallest absolute Gasteiger partial charge is 0.241 e. The minimum atomic E-state index is -0.628. The highest BCUT2D eigenvalue weighted by Crippen LogP contribution is 2.30. The fraction of sp³-hybridized carbons (Fsp3) is 0.263. The van der Waals surface area contributed by atoms with Gasteiger partial charge in [0.2, 0.25) is 11.8 Å². The van der Waals surface area contributed by atoms with Gasteiger partial charge in [-0.15, -0.1) is 12.4 Å². The predicted molar refractivity (Wildman–Crippen MR) is 102 cm³/mol. The maximum Gasteiger partial charge on any atom is 0.241 e. The Labute approximate surface area is 153 Å². The summed E-state index contributed by atoms with van der Waals surface area (Å²) in [6.07, 6.45) is 2.39. The number of rotatable bonds is 6. The summed E-state index contributed by atoms with van der Waals surface area (Å²) in [6.45, 7) is 0. The lowest BCUT2D eigenvalue weighted by atomic mass is 10.1. The van der Waals surface area contributed by atoms with E-state index in [0.29, 0.717) is 17.8 Å². The first-order valence-corrected chi connectivity index (χ1v) is 8.13. The summed E-state index contributed by atoms with van der Waals surface area (Å²) >= 11 is 0. The topological polar surface area (TPSA) is 84.2 Å². The van der Waals surface area contributed by atoms with E-state index >= 15 is 0 Å². The van der Waals surface area contributed by atoms with Gasteiger partial charge in [-0.25, -0.2) is 0 Å². The zero-order valence-corrected chi connectivity index (χ0v) is 14.6. The number of halogens is 1. The number of nitrogens with two attached hydrogens (primary N) is 1. The van der Waals surface area contributed by atoms with Gasteiger partial charge in [-0.05, 0) is 43.0 Å². The van der Waals surface area contributed by atoms with Crippen LogP contribution in [0.4, 0.5) is 11.4 Å². The van der Waals surface area contributed by atoms with Crippen LogP contribution in [-0.2, 0) is 16.0 Å². The zero-order chi connectivity index (χ0) is 16.9. The molecule has 1 aliphatic carbocycles. The molecule has 0 bridgehead atoms. The maximum absolute atomic E-state index is 12.2. The monoisotopic (exact) mass is 359 g/mol. The van der Waals surface area contributed by atoms with Gasteiger partial charge >= 0.3 is 0 Å². The van der Waals surface area contributed by atoms with Crippen LogP contribution in [0.15, 0.2) is 54.6 Å². The molecule has 1 saturated carbocycles. The molecule has 0 aromatic heterocycles. The van der Waals surface area contributed by atoms with Gasteiger partial charge in [0, 0.05) is 17.3 Å². The number of carbonyl (C=O) groups excluding carboxylic acids is 2. The van der Waals surface area contributed by atoms with E-state index < -0.39 is 6.04 Å². The largest absolute Gasteiger partial charge is 0.326 e. The third kappa shape index (κ3) is 5.59. The first kappa shape index (κ1) is 19.0. The summed E-state index contributed by atoms with van der Waals surface area (Å²) in [5.74, 6) is -0.0636. The Morgan fingerprint density at radius 3 is 2.28 bits per heavy atom. The molecule has 0 radical (unpaired) electrons. The van der Waals surface area contributed by atoms with Gasteiger partial charge in [0.05, 0.1) is 6.04 Å². The number of anilines is 2. The van der Waals surface area contributed by atoms with E-state index in [2.05, 4.69) is 10.6 Å². The number of hydrogen-bond acceptors (Lipinski definition) is 3. The second-order valence-electron chi connectivity index (χ2n) is 6.13. The summed E-state index contributed by atoms with van der Waals surface area (Å²) in [6, 6.07) is 16.2. The Bertz CT molecular complexity index is 732. The average molecular weight is 360 g/mol. The Kier molecular flexibility index (Phi) is 6.56. The Morgan fingerprint density at radius 1 is 1.00 bits per heavy atom. The first-order chi connectivity index (χ1) is 11.6. The molecule has 0 saturated heterocycles. The van der Waals surface area contributed by atoms with Crippen molar-refractivity contribution in [1.29, 1.82) is 0 Å². The molecule has 25 heavy (non-hydrogen) atoms. The highest BCUT2D eigenvalue weighted by molar-refractivity contribution is 5.97. The van der Waals surface area contributed by atoms with E-state index in [4.69, 9.17) is 5.73 Å². The van der Waals surface area contributed by atoms with Crippen LogP contribution in [0.3, 0.4) is 0 Å². The Hall–Kier alpha value is -2.37. The lowest BCUT2D eigenvalue weighted by Crippen LogP contribution is -2.37. The van der Waals surface area contributed by atoms with Crippen LogP contribution < -0.4 is 16.4 Å². The van der Waals surface area contributed by atoms with Gasteiger partial charge in [-0.1, -0.05) is 36.4 Å². The van der Waals surface area contributed by atoms with Crippen molar-refractivity contribution in [1.82, 2.24) is 0 Å². The van der Waals surface area contributed by atoms with Crippen LogP contribution in [0.1, 0.15) is 18.4 Å². The fourth-order valence-electron chi connectivity index (χ4n) is 2.46.